The third-order valence-electron chi connectivity index (χ3n) is 2.93. The number of hydrogen-bond donors (Lipinski definition) is 1. The Morgan fingerprint density at radius 1 is 0.500 bits per heavy atom. The summed E-state index contributed by atoms with van der Waals surface area (Å²) in [7, 11) is 0. The van der Waals surface area contributed by atoms with Gasteiger partial charge in [0.1, 0.15) is 6.61 Å². The quantitative estimate of drug-likeness (QED) is 0.552. The number of aliphatic hydroxyl groups excluding tert-OH is 1. The summed E-state index contributed by atoms with van der Waals surface area (Å²) >= 11 is 0. The van der Waals surface area contributed by atoms with Gasteiger partial charge in [0.25, 0.3) is 0 Å². The molecule has 0 aromatic rings. The van der Waals surface area contributed by atoms with E-state index in [1.165, 1.54) is 0 Å². The summed E-state index contributed by atoms with van der Waals surface area (Å²) in [6.45, 7) is -3.39. The van der Waals surface area contributed by atoms with Crippen molar-refractivity contribution in [1.29, 1.82) is 0 Å². The zero-order valence-corrected chi connectivity index (χ0v) is 11.3. The van der Waals surface area contributed by atoms with Crippen molar-refractivity contribution in [1.82, 2.24) is 0 Å². The average molecular weight is 432 g/mol. The lowest BCUT2D eigenvalue weighted by atomic mass is 9.89. The van der Waals surface area contributed by atoms with E-state index in [2.05, 4.69) is 0 Å². The molecule has 26 heavy (non-hydrogen) atoms. The lowest BCUT2D eigenvalue weighted by Crippen LogP contribution is -2.74. The molecule has 0 amide bonds. The van der Waals surface area contributed by atoms with E-state index in [1.54, 1.807) is 0 Å². The molecule has 0 bridgehead atoms. The van der Waals surface area contributed by atoms with Gasteiger partial charge in [0, 0.05) is 0 Å². The molecule has 0 aromatic carbocycles. The minimum absolute atomic E-state index is 3.39. The number of alkyl halides is 16. The van der Waals surface area contributed by atoms with Gasteiger partial charge in [-0.2, -0.15) is 61.5 Å². The maximum Gasteiger partial charge on any atom is 0.384 e. The Hall–Kier alpha value is -1.16. The molecular weight excluding hydrogens is 428 g/mol. The molecule has 0 unspecified atom stereocenters. The van der Waals surface area contributed by atoms with E-state index in [4.69, 9.17) is 5.11 Å². The highest BCUT2D eigenvalue weighted by atomic mass is 19.4. The third-order valence-corrected chi connectivity index (χ3v) is 2.93. The first-order chi connectivity index (χ1) is 11.0. The van der Waals surface area contributed by atoms with Crippen LogP contribution in [0.25, 0.3) is 0 Å². The lowest BCUT2D eigenvalue weighted by molar-refractivity contribution is -0.447. The first kappa shape index (κ1) is 24.8. The van der Waals surface area contributed by atoms with Crippen LogP contribution in [0.5, 0.6) is 0 Å². The number of aliphatic hydroxyl groups is 1. The topological polar surface area (TPSA) is 20.2 Å². The Morgan fingerprint density at radius 3 is 1.04 bits per heavy atom. The van der Waals surface area contributed by atoms with E-state index < -0.39 is 54.5 Å². The molecule has 0 aliphatic rings. The van der Waals surface area contributed by atoms with Crippen molar-refractivity contribution in [3.63, 3.8) is 0 Å². The van der Waals surface area contributed by atoms with Gasteiger partial charge in [-0.05, 0) is 0 Å². The Balaban J connectivity index is 6.54. The summed E-state index contributed by atoms with van der Waals surface area (Å²) in [5.74, 6) is -54.9. The molecule has 0 aliphatic carbocycles. The highest BCUT2D eigenvalue weighted by Gasteiger charge is 2.93. The van der Waals surface area contributed by atoms with Crippen LogP contribution in [0.3, 0.4) is 0 Å². The van der Waals surface area contributed by atoms with E-state index >= 15 is 0 Å². The predicted molar refractivity (Wildman–Crippen MR) is 47.7 cm³/mol. The third kappa shape index (κ3) is 2.85. The number of hydrogen-bond acceptors (Lipinski definition) is 1. The molecule has 0 atom stereocenters. The minimum atomic E-state index is -8.41. The van der Waals surface area contributed by atoms with Gasteiger partial charge in [0.15, 0.2) is 0 Å². The maximum absolute atomic E-state index is 13.0. The molecule has 0 saturated carbocycles. The molecule has 0 aliphatic heterocycles. The van der Waals surface area contributed by atoms with E-state index in [1.807, 2.05) is 0 Å². The van der Waals surface area contributed by atoms with Crippen LogP contribution in [0, 0.1) is 0 Å². The molecule has 0 aromatic heterocycles. The van der Waals surface area contributed by atoms with Crippen LogP contribution in [-0.4, -0.2) is 59.6 Å². The van der Waals surface area contributed by atoms with Crippen LogP contribution in [0.4, 0.5) is 70.2 Å². The molecule has 1 nitrogen and oxygen atoms in total. The second-order valence-electron chi connectivity index (χ2n) is 4.66. The molecular formula is C9H4F16O. The van der Waals surface area contributed by atoms with Crippen LogP contribution in [0.1, 0.15) is 0 Å². The number of halogens is 16. The molecule has 0 radical (unpaired) electrons. The summed E-state index contributed by atoms with van der Waals surface area (Å²) in [5.41, 5.74) is 0. The zero-order chi connectivity index (χ0) is 21.8. The van der Waals surface area contributed by atoms with Crippen molar-refractivity contribution < 1.29 is 75.4 Å². The standard InChI is InChI=1S/C9H4F16O/c10-2(11)4(14,15)6(18,19)8(22,23)9(24,25)7(20,21)5(16,17)3(12,13)1-26/h2,26H,1H2. The fraction of sp³-hybridized carbons (Fsp3) is 1.00. The van der Waals surface area contributed by atoms with Crippen molar-refractivity contribution in [3.8, 4) is 0 Å². The molecule has 0 spiro atoms. The van der Waals surface area contributed by atoms with Gasteiger partial charge in [-0.3, -0.25) is 0 Å². The fourth-order valence-corrected chi connectivity index (χ4v) is 1.27. The lowest BCUT2D eigenvalue weighted by Gasteiger charge is -2.42. The highest BCUT2D eigenvalue weighted by molar-refractivity contribution is 5.14. The van der Waals surface area contributed by atoms with Crippen LogP contribution in [-0.2, 0) is 0 Å². The van der Waals surface area contributed by atoms with Gasteiger partial charge < -0.3 is 5.11 Å². The van der Waals surface area contributed by atoms with Gasteiger partial charge in [0.05, 0.1) is 0 Å². The predicted octanol–water partition coefficient (Wildman–Crippen LogP) is 4.69. The van der Waals surface area contributed by atoms with E-state index in [9.17, 15) is 70.2 Å². The summed E-state index contributed by atoms with van der Waals surface area (Å²) in [6.07, 6.45) is -5.87. The van der Waals surface area contributed by atoms with Crippen molar-refractivity contribution in [2.75, 3.05) is 6.61 Å². The largest absolute Gasteiger partial charge is 0.390 e. The van der Waals surface area contributed by atoms with E-state index in [0.29, 0.717) is 0 Å². The molecule has 1 N–H and O–H groups in total. The Morgan fingerprint density at radius 2 is 0.769 bits per heavy atom. The molecule has 17 heteroatoms. The number of rotatable bonds is 8. The van der Waals surface area contributed by atoms with Crippen LogP contribution < -0.4 is 0 Å². The smallest absolute Gasteiger partial charge is 0.384 e. The summed E-state index contributed by atoms with van der Waals surface area (Å²) in [6, 6.07) is 0. The van der Waals surface area contributed by atoms with Gasteiger partial charge in [0.2, 0.25) is 0 Å². The van der Waals surface area contributed by atoms with Crippen molar-refractivity contribution in [2.45, 2.75) is 47.9 Å². The first-order valence-electron chi connectivity index (χ1n) is 5.54. The molecule has 0 saturated heterocycles. The summed E-state index contributed by atoms with van der Waals surface area (Å²) in [4.78, 5) is 0. The fourth-order valence-electron chi connectivity index (χ4n) is 1.27. The van der Waals surface area contributed by atoms with Gasteiger partial charge in [-0.1, -0.05) is 0 Å². The second-order valence-corrected chi connectivity index (χ2v) is 4.66. The van der Waals surface area contributed by atoms with Gasteiger partial charge >= 0.3 is 47.9 Å². The highest BCUT2D eigenvalue weighted by Crippen LogP contribution is 2.62. The SMILES string of the molecule is OCC(F)(F)C(F)(F)C(F)(F)C(F)(F)C(F)(F)C(F)(F)C(F)(F)C(F)F. The summed E-state index contributed by atoms with van der Waals surface area (Å²) in [5, 5.41) is 7.76. The second kappa shape index (κ2) is 6.19. The van der Waals surface area contributed by atoms with E-state index in [0.717, 1.165) is 0 Å². The molecule has 158 valence electrons. The minimum Gasteiger partial charge on any atom is -0.390 e. The molecule has 0 fully saturated rings. The van der Waals surface area contributed by atoms with Crippen molar-refractivity contribution >= 4 is 0 Å². The maximum atomic E-state index is 13.0. The van der Waals surface area contributed by atoms with Crippen LogP contribution in [0.2, 0.25) is 0 Å². The molecule has 0 rings (SSSR count). The van der Waals surface area contributed by atoms with Crippen molar-refractivity contribution in [2.24, 2.45) is 0 Å². The van der Waals surface area contributed by atoms with Crippen LogP contribution >= 0.6 is 0 Å². The van der Waals surface area contributed by atoms with Gasteiger partial charge in [-0.25, -0.2) is 8.78 Å². The Labute approximate surface area is 131 Å². The molecule has 0 heterocycles. The first-order valence-corrected chi connectivity index (χ1v) is 5.54. The normalized spacial score (nSPS) is 16.4. The monoisotopic (exact) mass is 432 g/mol. The van der Waals surface area contributed by atoms with Gasteiger partial charge in [-0.15, -0.1) is 0 Å². The average Bonchev–Trinajstić information content (AvgIpc) is 2.45. The van der Waals surface area contributed by atoms with E-state index in [-0.39, 0.29) is 0 Å². The Kier molecular flexibility index (Phi) is 5.91. The summed E-state index contributed by atoms with van der Waals surface area (Å²) < 4.78 is 202. The van der Waals surface area contributed by atoms with Crippen LogP contribution in [0.15, 0.2) is 0 Å². The zero-order valence-electron chi connectivity index (χ0n) is 11.3. The Bertz CT molecular complexity index is 508. The van der Waals surface area contributed by atoms with Crippen molar-refractivity contribution in [3.05, 3.63) is 0 Å².